The van der Waals surface area contributed by atoms with E-state index in [1.165, 1.54) is 5.56 Å². The van der Waals surface area contributed by atoms with Crippen LogP contribution in [-0.4, -0.2) is 11.7 Å². The second kappa shape index (κ2) is 9.01. The lowest BCUT2D eigenvalue weighted by Crippen LogP contribution is -2.29. The van der Waals surface area contributed by atoms with Gasteiger partial charge >= 0.3 is 0 Å². The van der Waals surface area contributed by atoms with Crippen LogP contribution in [0.5, 0.6) is 0 Å². The molecule has 0 aromatic heterocycles. The van der Waals surface area contributed by atoms with E-state index in [-0.39, 0.29) is 11.9 Å². The second-order valence-electron chi connectivity index (χ2n) is 5.06. The summed E-state index contributed by atoms with van der Waals surface area (Å²) < 4.78 is 1.08. The highest BCUT2D eigenvalue weighted by Gasteiger charge is 2.12. The third-order valence-electron chi connectivity index (χ3n) is 3.36. The van der Waals surface area contributed by atoms with Gasteiger partial charge in [0.05, 0.1) is 11.8 Å². The number of carbonyl (C=O) groups excluding carboxylic acids is 1. The number of hydrogen-bond acceptors (Lipinski definition) is 2. The van der Waals surface area contributed by atoms with Gasteiger partial charge in [-0.15, -0.1) is 11.8 Å². The number of carbonyl (C=O) groups is 1. The summed E-state index contributed by atoms with van der Waals surface area (Å²) in [7, 11) is 0. The number of rotatable bonds is 7. The zero-order valence-corrected chi connectivity index (χ0v) is 15.0. The highest BCUT2D eigenvalue weighted by atomic mass is 79.9. The van der Waals surface area contributed by atoms with Gasteiger partial charge in [-0.25, -0.2) is 0 Å². The highest BCUT2D eigenvalue weighted by Crippen LogP contribution is 2.18. The maximum Gasteiger partial charge on any atom is 0.230 e. The van der Waals surface area contributed by atoms with Crippen LogP contribution in [0.25, 0.3) is 0 Å². The summed E-state index contributed by atoms with van der Waals surface area (Å²) in [6.45, 7) is 2.09. The van der Waals surface area contributed by atoms with Crippen LogP contribution in [0.3, 0.4) is 0 Å². The third kappa shape index (κ3) is 5.50. The van der Waals surface area contributed by atoms with Gasteiger partial charge in [0.1, 0.15) is 0 Å². The molecule has 0 saturated carbocycles. The van der Waals surface area contributed by atoms with Crippen LogP contribution < -0.4 is 5.32 Å². The summed E-state index contributed by atoms with van der Waals surface area (Å²) in [4.78, 5) is 12.1. The summed E-state index contributed by atoms with van der Waals surface area (Å²) >= 11 is 5.06. The first-order chi connectivity index (χ1) is 10.7. The Morgan fingerprint density at radius 3 is 2.45 bits per heavy atom. The van der Waals surface area contributed by atoms with Crippen molar-refractivity contribution >= 4 is 33.6 Å². The van der Waals surface area contributed by atoms with Crippen molar-refractivity contribution in [2.24, 2.45) is 0 Å². The van der Waals surface area contributed by atoms with Crippen LogP contribution in [0, 0.1) is 0 Å². The van der Waals surface area contributed by atoms with Crippen LogP contribution in [0.15, 0.2) is 59.1 Å². The number of thioether (sulfide) groups is 1. The number of benzene rings is 2. The molecule has 2 aromatic rings. The molecular formula is C18H20BrNOS. The van der Waals surface area contributed by atoms with Gasteiger partial charge in [-0.2, -0.15) is 0 Å². The van der Waals surface area contributed by atoms with Crippen molar-refractivity contribution in [2.75, 3.05) is 5.75 Å². The minimum Gasteiger partial charge on any atom is -0.349 e. The molecule has 0 aliphatic rings. The molecule has 0 fully saturated rings. The van der Waals surface area contributed by atoms with E-state index < -0.39 is 0 Å². The second-order valence-corrected chi connectivity index (χ2v) is 6.96. The Morgan fingerprint density at radius 1 is 1.14 bits per heavy atom. The van der Waals surface area contributed by atoms with E-state index >= 15 is 0 Å². The maximum atomic E-state index is 12.1. The molecule has 1 N–H and O–H groups in total. The van der Waals surface area contributed by atoms with E-state index in [1.807, 2.05) is 30.3 Å². The first-order valence-corrected chi connectivity index (χ1v) is 9.30. The Hall–Kier alpha value is -1.26. The first-order valence-electron chi connectivity index (χ1n) is 7.35. The van der Waals surface area contributed by atoms with Gasteiger partial charge in [0.2, 0.25) is 5.91 Å². The van der Waals surface area contributed by atoms with E-state index in [9.17, 15) is 4.79 Å². The van der Waals surface area contributed by atoms with Gasteiger partial charge < -0.3 is 5.32 Å². The lowest BCUT2D eigenvalue weighted by Gasteiger charge is -2.17. The smallest absolute Gasteiger partial charge is 0.230 e. The molecule has 1 unspecified atom stereocenters. The average Bonchev–Trinajstić information content (AvgIpc) is 2.55. The fourth-order valence-corrected chi connectivity index (χ4v) is 3.25. The molecule has 0 spiro atoms. The molecule has 0 aliphatic carbocycles. The largest absolute Gasteiger partial charge is 0.349 e. The van der Waals surface area contributed by atoms with Gasteiger partial charge in [0.25, 0.3) is 0 Å². The SMILES string of the molecule is CCC(NC(=O)CSCc1ccc(Br)cc1)c1ccccc1. The van der Waals surface area contributed by atoms with Crippen LogP contribution in [-0.2, 0) is 10.5 Å². The molecule has 0 saturated heterocycles. The van der Waals surface area contributed by atoms with E-state index in [2.05, 4.69) is 52.4 Å². The molecule has 2 aromatic carbocycles. The highest BCUT2D eigenvalue weighted by molar-refractivity contribution is 9.10. The topological polar surface area (TPSA) is 29.1 Å². The Balaban J connectivity index is 1.78. The van der Waals surface area contributed by atoms with Crippen molar-refractivity contribution < 1.29 is 4.79 Å². The summed E-state index contributed by atoms with van der Waals surface area (Å²) in [5.74, 6) is 1.43. The maximum absolute atomic E-state index is 12.1. The van der Waals surface area contributed by atoms with Crippen molar-refractivity contribution in [3.8, 4) is 0 Å². The number of halogens is 1. The zero-order valence-electron chi connectivity index (χ0n) is 12.6. The van der Waals surface area contributed by atoms with Gasteiger partial charge in [-0.3, -0.25) is 4.79 Å². The quantitative estimate of drug-likeness (QED) is 0.739. The van der Waals surface area contributed by atoms with Crippen molar-refractivity contribution in [2.45, 2.75) is 25.1 Å². The Kier molecular flexibility index (Phi) is 7.00. The number of amides is 1. The number of hydrogen-bond donors (Lipinski definition) is 1. The van der Waals surface area contributed by atoms with Gasteiger partial charge in [0.15, 0.2) is 0 Å². The standard InChI is InChI=1S/C18H20BrNOS/c1-2-17(15-6-4-3-5-7-15)20-18(21)13-22-12-14-8-10-16(19)11-9-14/h3-11,17H,2,12-13H2,1H3,(H,20,21). The van der Waals surface area contributed by atoms with Crippen molar-refractivity contribution in [1.82, 2.24) is 5.32 Å². The fraction of sp³-hybridized carbons (Fsp3) is 0.278. The first kappa shape index (κ1) is 17.1. The third-order valence-corrected chi connectivity index (χ3v) is 4.89. The molecular weight excluding hydrogens is 358 g/mol. The number of nitrogens with one attached hydrogen (secondary N) is 1. The van der Waals surface area contributed by atoms with Crippen LogP contribution in [0.4, 0.5) is 0 Å². The molecule has 1 atom stereocenters. The van der Waals surface area contributed by atoms with Crippen molar-refractivity contribution in [3.05, 3.63) is 70.2 Å². The molecule has 2 rings (SSSR count). The monoisotopic (exact) mass is 377 g/mol. The summed E-state index contributed by atoms with van der Waals surface area (Å²) in [5.41, 5.74) is 2.40. The minimum atomic E-state index is 0.0952. The molecule has 0 aliphatic heterocycles. The van der Waals surface area contributed by atoms with Gasteiger partial charge in [0, 0.05) is 10.2 Å². The molecule has 22 heavy (non-hydrogen) atoms. The summed E-state index contributed by atoms with van der Waals surface area (Å²) in [6, 6.07) is 18.4. The van der Waals surface area contributed by atoms with Crippen LogP contribution >= 0.6 is 27.7 Å². The molecule has 4 heteroatoms. The molecule has 0 heterocycles. The molecule has 116 valence electrons. The molecule has 0 bridgehead atoms. The Labute approximate surface area is 144 Å². The Morgan fingerprint density at radius 2 is 1.82 bits per heavy atom. The predicted molar refractivity (Wildman–Crippen MR) is 97.9 cm³/mol. The van der Waals surface area contributed by atoms with Crippen LogP contribution in [0.1, 0.15) is 30.5 Å². The normalized spacial score (nSPS) is 11.9. The van der Waals surface area contributed by atoms with Gasteiger partial charge in [-0.1, -0.05) is 65.3 Å². The predicted octanol–water partition coefficient (Wildman–Crippen LogP) is 4.95. The van der Waals surface area contributed by atoms with Gasteiger partial charge in [-0.05, 0) is 29.7 Å². The van der Waals surface area contributed by atoms with E-state index in [0.717, 1.165) is 22.2 Å². The lowest BCUT2D eigenvalue weighted by atomic mass is 10.0. The molecule has 0 radical (unpaired) electrons. The lowest BCUT2D eigenvalue weighted by molar-refractivity contribution is -0.119. The van der Waals surface area contributed by atoms with Crippen molar-refractivity contribution in [1.29, 1.82) is 0 Å². The minimum absolute atomic E-state index is 0.0952. The van der Waals surface area contributed by atoms with Crippen LogP contribution in [0.2, 0.25) is 0 Å². The molecule has 2 nitrogen and oxygen atoms in total. The van der Waals surface area contributed by atoms with E-state index in [0.29, 0.717) is 5.75 Å². The van der Waals surface area contributed by atoms with Crippen molar-refractivity contribution in [3.63, 3.8) is 0 Å². The Bertz CT molecular complexity index is 586. The summed E-state index contributed by atoms with van der Waals surface area (Å²) in [5, 5.41) is 3.11. The molecule has 1 amide bonds. The van der Waals surface area contributed by atoms with E-state index in [4.69, 9.17) is 0 Å². The zero-order chi connectivity index (χ0) is 15.8. The fourth-order valence-electron chi connectivity index (χ4n) is 2.18. The van der Waals surface area contributed by atoms with E-state index in [1.54, 1.807) is 11.8 Å². The summed E-state index contributed by atoms with van der Waals surface area (Å²) in [6.07, 6.45) is 0.896. The average molecular weight is 378 g/mol.